The molecule has 2 rings (SSSR count). The van der Waals surface area contributed by atoms with Crippen molar-refractivity contribution in [2.75, 3.05) is 13.2 Å². The number of ether oxygens (including phenoxy) is 2. The van der Waals surface area contributed by atoms with E-state index in [2.05, 4.69) is 40.2 Å². The summed E-state index contributed by atoms with van der Waals surface area (Å²) in [5.41, 5.74) is 1.16. The van der Waals surface area contributed by atoms with E-state index in [1.807, 2.05) is 6.07 Å². The number of terminal acetylenes is 1. The number of rotatable bonds is 5. The van der Waals surface area contributed by atoms with Gasteiger partial charge in [-0.15, -0.1) is 12.3 Å². The Kier molecular flexibility index (Phi) is 5.75. The Hall–Kier alpha value is -1.18. The number of benzene rings is 1. The van der Waals surface area contributed by atoms with Crippen molar-refractivity contribution in [2.24, 2.45) is 0 Å². The Bertz CT molecular complexity index is 496. The average molecular weight is 338 g/mol. The molecule has 1 N–H and O–H groups in total. The maximum atomic E-state index is 5.74. The second-order valence-electron chi connectivity index (χ2n) is 4.85. The minimum Gasteiger partial charge on any atom is -0.490 e. The molecule has 0 spiro atoms. The van der Waals surface area contributed by atoms with Gasteiger partial charge in [0.05, 0.1) is 17.7 Å². The number of fused-ring (bicyclic) bond motifs is 1. The zero-order valence-electron chi connectivity index (χ0n) is 11.7. The van der Waals surface area contributed by atoms with Gasteiger partial charge in [0.2, 0.25) is 0 Å². The minimum absolute atomic E-state index is 0.356. The molecule has 0 fully saturated rings. The Labute approximate surface area is 129 Å². The van der Waals surface area contributed by atoms with Crippen LogP contribution in [0.15, 0.2) is 16.6 Å². The molecule has 0 bridgehead atoms. The van der Waals surface area contributed by atoms with Gasteiger partial charge in [-0.2, -0.15) is 0 Å². The van der Waals surface area contributed by atoms with Crippen LogP contribution in [0.2, 0.25) is 0 Å². The smallest absolute Gasteiger partial charge is 0.175 e. The summed E-state index contributed by atoms with van der Waals surface area (Å²) < 4.78 is 12.4. The van der Waals surface area contributed by atoms with E-state index in [0.717, 1.165) is 47.3 Å². The summed E-state index contributed by atoms with van der Waals surface area (Å²) in [6, 6.07) is 4.47. The van der Waals surface area contributed by atoms with Crippen molar-refractivity contribution in [1.29, 1.82) is 0 Å². The molecular weight excluding hydrogens is 318 g/mol. The topological polar surface area (TPSA) is 30.5 Å². The van der Waals surface area contributed by atoms with E-state index in [9.17, 15) is 0 Å². The highest BCUT2D eigenvalue weighted by Crippen LogP contribution is 2.38. The summed E-state index contributed by atoms with van der Waals surface area (Å²) in [4.78, 5) is 0. The summed E-state index contributed by atoms with van der Waals surface area (Å²) in [7, 11) is 0. The van der Waals surface area contributed by atoms with Gasteiger partial charge >= 0.3 is 0 Å². The van der Waals surface area contributed by atoms with Gasteiger partial charge in [-0.3, -0.25) is 0 Å². The molecule has 0 radical (unpaired) electrons. The Balaban J connectivity index is 2.08. The molecule has 1 aliphatic heterocycles. The van der Waals surface area contributed by atoms with Crippen LogP contribution < -0.4 is 14.8 Å². The molecule has 0 saturated carbocycles. The van der Waals surface area contributed by atoms with Crippen molar-refractivity contribution in [3.8, 4) is 23.8 Å². The van der Waals surface area contributed by atoms with Gasteiger partial charge in [0.15, 0.2) is 11.5 Å². The molecule has 0 amide bonds. The first-order chi connectivity index (χ1) is 9.74. The second-order valence-corrected chi connectivity index (χ2v) is 5.70. The van der Waals surface area contributed by atoms with Crippen molar-refractivity contribution < 1.29 is 9.47 Å². The largest absolute Gasteiger partial charge is 0.490 e. The third-order valence-electron chi connectivity index (χ3n) is 3.31. The van der Waals surface area contributed by atoms with Crippen LogP contribution in [0.5, 0.6) is 11.5 Å². The average Bonchev–Trinajstić information content (AvgIpc) is 2.69. The maximum Gasteiger partial charge on any atom is 0.175 e. The molecule has 1 unspecified atom stereocenters. The van der Waals surface area contributed by atoms with Crippen LogP contribution in [0.25, 0.3) is 0 Å². The van der Waals surface area contributed by atoms with E-state index in [0.29, 0.717) is 19.3 Å². The van der Waals surface area contributed by atoms with Gasteiger partial charge < -0.3 is 14.8 Å². The third-order valence-corrected chi connectivity index (χ3v) is 3.90. The molecule has 0 aliphatic carbocycles. The zero-order valence-corrected chi connectivity index (χ0v) is 13.3. The maximum absolute atomic E-state index is 5.74. The lowest BCUT2D eigenvalue weighted by Crippen LogP contribution is -2.27. The standard InChI is InChI=1S/C16H20BrNO2/c1-3-6-13(4-2)18-11-12-9-14(17)16-15(10-12)19-7-5-8-20-16/h1,9-10,13,18H,4-8,11H2,2H3. The molecule has 1 aliphatic rings. The minimum atomic E-state index is 0.356. The Morgan fingerprint density at radius 1 is 1.40 bits per heavy atom. The van der Waals surface area contributed by atoms with Crippen LogP contribution in [-0.4, -0.2) is 19.3 Å². The van der Waals surface area contributed by atoms with Crippen LogP contribution in [0.4, 0.5) is 0 Å². The number of hydrogen-bond acceptors (Lipinski definition) is 3. The highest BCUT2D eigenvalue weighted by Gasteiger charge is 2.15. The number of halogens is 1. The van der Waals surface area contributed by atoms with Crippen LogP contribution in [0.1, 0.15) is 31.7 Å². The van der Waals surface area contributed by atoms with Crippen LogP contribution in [0.3, 0.4) is 0 Å². The lowest BCUT2D eigenvalue weighted by atomic mass is 10.1. The lowest BCUT2D eigenvalue weighted by Gasteiger charge is -2.16. The third kappa shape index (κ3) is 3.91. The molecule has 20 heavy (non-hydrogen) atoms. The van der Waals surface area contributed by atoms with Crippen LogP contribution >= 0.6 is 15.9 Å². The molecule has 0 saturated heterocycles. The highest BCUT2D eigenvalue weighted by atomic mass is 79.9. The van der Waals surface area contributed by atoms with E-state index in [1.165, 1.54) is 0 Å². The molecule has 1 heterocycles. The van der Waals surface area contributed by atoms with Crippen molar-refractivity contribution in [3.05, 3.63) is 22.2 Å². The Morgan fingerprint density at radius 2 is 2.20 bits per heavy atom. The number of nitrogens with one attached hydrogen (secondary N) is 1. The molecule has 0 aromatic heterocycles. The van der Waals surface area contributed by atoms with Crippen molar-refractivity contribution in [1.82, 2.24) is 5.32 Å². The first-order valence-corrected chi connectivity index (χ1v) is 7.78. The van der Waals surface area contributed by atoms with Gasteiger partial charge in [-0.25, -0.2) is 0 Å². The van der Waals surface area contributed by atoms with Crippen LogP contribution in [-0.2, 0) is 6.54 Å². The predicted molar refractivity (Wildman–Crippen MR) is 84.1 cm³/mol. The van der Waals surface area contributed by atoms with Gasteiger partial charge in [0.25, 0.3) is 0 Å². The summed E-state index contributed by atoms with van der Waals surface area (Å²) in [5.74, 6) is 4.33. The molecule has 1 atom stereocenters. The molecule has 108 valence electrons. The first-order valence-electron chi connectivity index (χ1n) is 6.99. The fourth-order valence-electron chi connectivity index (χ4n) is 2.15. The molecular formula is C16H20BrNO2. The fraction of sp³-hybridized carbons (Fsp3) is 0.500. The van der Waals surface area contributed by atoms with Crippen molar-refractivity contribution in [3.63, 3.8) is 0 Å². The molecule has 1 aromatic rings. The summed E-state index contributed by atoms with van der Waals surface area (Å²) >= 11 is 3.56. The lowest BCUT2D eigenvalue weighted by molar-refractivity contribution is 0.296. The van der Waals surface area contributed by atoms with Gasteiger partial charge in [-0.1, -0.05) is 6.92 Å². The van der Waals surface area contributed by atoms with E-state index in [-0.39, 0.29) is 0 Å². The molecule has 3 nitrogen and oxygen atoms in total. The van der Waals surface area contributed by atoms with E-state index >= 15 is 0 Å². The quantitative estimate of drug-likeness (QED) is 0.834. The summed E-state index contributed by atoms with van der Waals surface area (Å²) in [6.45, 7) is 4.31. The van der Waals surface area contributed by atoms with Gasteiger partial charge in [0.1, 0.15) is 0 Å². The van der Waals surface area contributed by atoms with E-state index < -0.39 is 0 Å². The van der Waals surface area contributed by atoms with Crippen molar-refractivity contribution >= 4 is 15.9 Å². The van der Waals surface area contributed by atoms with Gasteiger partial charge in [-0.05, 0) is 40.0 Å². The Morgan fingerprint density at radius 3 is 2.95 bits per heavy atom. The summed E-state index contributed by atoms with van der Waals surface area (Å²) in [6.07, 6.45) is 8.06. The second kappa shape index (κ2) is 7.56. The predicted octanol–water partition coefficient (Wildman–Crippen LogP) is 3.50. The number of hydrogen-bond donors (Lipinski definition) is 1. The fourth-order valence-corrected chi connectivity index (χ4v) is 2.76. The monoisotopic (exact) mass is 337 g/mol. The normalized spacial score (nSPS) is 15.2. The van der Waals surface area contributed by atoms with Crippen LogP contribution in [0, 0.1) is 12.3 Å². The first kappa shape index (κ1) is 15.2. The van der Waals surface area contributed by atoms with Crippen molar-refractivity contribution in [2.45, 2.75) is 38.8 Å². The molecule has 4 heteroatoms. The van der Waals surface area contributed by atoms with Gasteiger partial charge in [0, 0.05) is 25.4 Å². The molecule has 1 aromatic carbocycles. The van der Waals surface area contributed by atoms with E-state index in [1.54, 1.807) is 0 Å². The highest BCUT2D eigenvalue weighted by molar-refractivity contribution is 9.10. The SMILES string of the molecule is C#CCC(CC)NCc1cc(Br)c2c(c1)OCCCO2. The summed E-state index contributed by atoms with van der Waals surface area (Å²) in [5, 5.41) is 3.48. The van der Waals surface area contributed by atoms with E-state index in [4.69, 9.17) is 15.9 Å². The zero-order chi connectivity index (χ0) is 14.4.